The van der Waals surface area contributed by atoms with Crippen LogP contribution in [-0.4, -0.2) is 31.0 Å². The highest BCUT2D eigenvalue weighted by Gasteiger charge is 2.30. The number of thiophene rings is 1. The zero-order valence-electron chi connectivity index (χ0n) is 18.4. The fourth-order valence-electron chi connectivity index (χ4n) is 4.19. The monoisotopic (exact) mass is 438 g/mol. The average molecular weight is 439 g/mol. The van der Waals surface area contributed by atoms with Crippen molar-refractivity contribution in [3.8, 4) is 5.75 Å². The van der Waals surface area contributed by atoms with Crippen LogP contribution in [0.25, 0.3) is 0 Å². The number of carbonyl (C=O) groups is 1. The Kier molecular flexibility index (Phi) is 6.78. The van der Waals surface area contributed by atoms with Gasteiger partial charge in [-0.15, -0.1) is 11.3 Å². The lowest BCUT2D eigenvalue weighted by Crippen LogP contribution is -2.37. The second kappa shape index (κ2) is 9.71. The maximum absolute atomic E-state index is 12.8. The lowest BCUT2D eigenvalue weighted by atomic mass is 9.92. The minimum Gasteiger partial charge on any atom is -0.497 e. The van der Waals surface area contributed by atoms with Gasteiger partial charge in [-0.2, -0.15) is 0 Å². The summed E-state index contributed by atoms with van der Waals surface area (Å²) in [4.78, 5) is 16.6. The van der Waals surface area contributed by atoms with E-state index >= 15 is 0 Å². The summed E-state index contributed by atoms with van der Waals surface area (Å²) in [5.41, 5.74) is 2.33. The number of nitrogens with zero attached hydrogens (tertiary/aromatic N) is 1. The van der Waals surface area contributed by atoms with Crippen molar-refractivity contribution in [3.05, 3.63) is 70.5 Å². The minimum absolute atomic E-state index is 0.0612. The maximum atomic E-state index is 12.8. The molecule has 0 radical (unpaired) electrons. The van der Waals surface area contributed by atoms with Crippen molar-refractivity contribution < 1.29 is 13.9 Å². The number of hydrogen-bond acceptors (Lipinski definition) is 5. The third kappa shape index (κ3) is 4.86. The highest BCUT2D eigenvalue weighted by Crippen LogP contribution is 2.41. The van der Waals surface area contributed by atoms with Gasteiger partial charge in [0.25, 0.3) is 5.91 Å². The number of ether oxygens (including phenoxy) is 1. The summed E-state index contributed by atoms with van der Waals surface area (Å²) in [5, 5.41) is 4.02. The Labute approximate surface area is 188 Å². The van der Waals surface area contributed by atoms with Crippen molar-refractivity contribution in [2.75, 3.05) is 25.5 Å². The van der Waals surface area contributed by atoms with Crippen molar-refractivity contribution in [2.24, 2.45) is 5.92 Å². The normalized spacial score (nSPS) is 16.2. The van der Waals surface area contributed by atoms with Crippen molar-refractivity contribution in [2.45, 2.75) is 39.2 Å². The van der Waals surface area contributed by atoms with E-state index in [9.17, 15) is 4.79 Å². The van der Waals surface area contributed by atoms with E-state index in [0.29, 0.717) is 5.76 Å². The number of rotatable bonds is 7. The molecule has 1 aliphatic rings. The van der Waals surface area contributed by atoms with Crippen molar-refractivity contribution in [1.29, 1.82) is 0 Å². The van der Waals surface area contributed by atoms with E-state index in [1.54, 1.807) is 30.6 Å². The first-order chi connectivity index (χ1) is 15.1. The molecule has 3 heterocycles. The molecule has 2 aromatic heterocycles. The molecule has 6 heteroatoms. The summed E-state index contributed by atoms with van der Waals surface area (Å²) in [7, 11) is 1.70. The first kappa shape index (κ1) is 21.7. The number of carbonyl (C=O) groups excluding carboxylic acids is 1. The summed E-state index contributed by atoms with van der Waals surface area (Å²) in [6, 6.07) is 14.0. The molecule has 1 N–H and O–H groups in total. The molecule has 1 unspecified atom stereocenters. The largest absolute Gasteiger partial charge is 0.497 e. The van der Waals surface area contributed by atoms with Crippen LogP contribution in [0, 0.1) is 5.92 Å². The van der Waals surface area contributed by atoms with Gasteiger partial charge in [0.05, 0.1) is 19.4 Å². The number of furan rings is 1. The third-order valence-electron chi connectivity index (χ3n) is 6.02. The molecule has 5 nitrogen and oxygen atoms in total. The second-order valence-electron chi connectivity index (χ2n) is 8.18. The number of nitrogens with one attached hydrogen (secondary N) is 1. The summed E-state index contributed by atoms with van der Waals surface area (Å²) < 4.78 is 10.8. The number of anilines is 1. The Morgan fingerprint density at radius 3 is 2.74 bits per heavy atom. The molecule has 1 atom stereocenters. The van der Waals surface area contributed by atoms with Crippen LogP contribution >= 0.6 is 11.3 Å². The summed E-state index contributed by atoms with van der Waals surface area (Å²) >= 11 is 1.65. The molecular formula is C25H30N2O3S. The fraction of sp³-hybridized carbons (Fsp3) is 0.400. The first-order valence-corrected chi connectivity index (χ1v) is 11.8. The van der Waals surface area contributed by atoms with Crippen molar-refractivity contribution >= 4 is 22.2 Å². The van der Waals surface area contributed by atoms with E-state index in [4.69, 9.17) is 9.15 Å². The lowest BCUT2D eigenvalue weighted by molar-refractivity contribution is 0.0996. The van der Waals surface area contributed by atoms with Gasteiger partial charge in [-0.05, 0) is 74.2 Å². The molecule has 164 valence electrons. The Hall–Kier alpha value is -2.57. The Morgan fingerprint density at radius 2 is 2.06 bits per heavy atom. The predicted octanol–water partition coefficient (Wildman–Crippen LogP) is 5.99. The molecule has 1 amide bonds. The third-order valence-corrected chi connectivity index (χ3v) is 7.23. The van der Waals surface area contributed by atoms with E-state index in [0.717, 1.165) is 41.7 Å². The smallest absolute Gasteiger partial charge is 0.291 e. The van der Waals surface area contributed by atoms with Gasteiger partial charge in [0.15, 0.2) is 5.76 Å². The molecule has 4 rings (SSSR count). The molecule has 1 saturated heterocycles. The number of hydrogen-bond donors (Lipinski definition) is 1. The Bertz CT molecular complexity index is 1000. The zero-order chi connectivity index (χ0) is 21.8. The molecule has 1 aromatic carbocycles. The number of benzene rings is 1. The van der Waals surface area contributed by atoms with Crippen molar-refractivity contribution in [3.63, 3.8) is 0 Å². The molecule has 1 fully saturated rings. The van der Waals surface area contributed by atoms with Crippen LogP contribution in [0.2, 0.25) is 0 Å². The van der Waals surface area contributed by atoms with E-state index in [-0.39, 0.29) is 11.9 Å². The van der Waals surface area contributed by atoms with E-state index in [1.165, 1.54) is 29.5 Å². The van der Waals surface area contributed by atoms with E-state index in [2.05, 4.69) is 42.3 Å². The van der Waals surface area contributed by atoms with Crippen LogP contribution in [0.5, 0.6) is 5.75 Å². The van der Waals surface area contributed by atoms with Crippen LogP contribution in [0.1, 0.15) is 59.3 Å². The topological polar surface area (TPSA) is 54.7 Å². The number of methoxy groups -OCH3 is 1. The highest BCUT2D eigenvalue weighted by molar-refractivity contribution is 7.16. The lowest BCUT2D eigenvalue weighted by Gasteiger charge is -2.37. The van der Waals surface area contributed by atoms with Gasteiger partial charge in [0, 0.05) is 10.4 Å². The maximum Gasteiger partial charge on any atom is 0.291 e. The minimum atomic E-state index is -0.215. The van der Waals surface area contributed by atoms with Gasteiger partial charge in [-0.25, -0.2) is 0 Å². The van der Waals surface area contributed by atoms with Crippen LogP contribution in [0.3, 0.4) is 0 Å². The summed E-state index contributed by atoms with van der Waals surface area (Å²) in [6.45, 7) is 6.54. The molecule has 0 bridgehead atoms. The predicted molar refractivity (Wildman–Crippen MR) is 125 cm³/mol. The Balaban J connectivity index is 1.74. The second-order valence-corrected chi connectivity index (χ2v) is 9.32. The number of likely N-dealkylation sites (tertiary alicyclic amines) is 1. The Morgan fingerprint density at radius 1 is 1.26 bits per heavy atom. The number of piperidine rings is 1. The summed E-state index contributed by atoms with van der Waals surface area (Å²) in [6.07, 6.45) is 4.81. The molecular weight excluding hydrogens is 408 g/mol. The van der Waals surface area contributed by atoms with Crippen molar-refractivity contribution in [1.82, 2.24) is 4.90 Å². The quantitative estimate of drug-likeness (QED) is 0.493. The standard InChI is InChI=1S/C25H30N2O3S/c1-4-20-16-21(25(31-20)26-24(28)22-9-6-14-30-22)23(27-12-10-17(2)11-13-27)18-7-5-8-19(15-18)29-3/h5-9,14-17,23H,4,10-13H2,1-3H3,(H,26,28). The molecule has 1 aliphatic heterocycles. The van der Waals surface area contributed by atoms with Gasteiger partial charge in [0.2, 0.25) is 0 Å². The molecule has 0 aliphatic carbocycles. The highest BCUT2D eigenvalue weighted by atomic mass is 32.1. The van der Waals surface area contributed by atoms with Gasteiger partial charge in [-0.3, -0.25) is 9.69 Å². The van der Waals surface area contributed by atoms with Crippen LogP contribution in [-0.2, 0) is 6.42 Å². The number of aryl methyl sites for hydroxylation is 1. The molecule has 0 saturated carbocycles. The fourth-order valence-corrected chi connectivity index (χ4v) is 5.22. The summed E-state index contributed by atoms with van der Waals surface area (Å²) in [5.74, 6) is 1.70. The number of amides is 1. The zero-order valence-corrected chi connectivity index (χ0v) is 19.2. The van der Waals surface area contributed by atoms with Crippen LogP contribution in [0.4, 0.5) is 5.00 Å². The van der Waals surface area contributed by atoms with Gasteiger partial charge in [-0.1, -0.05) is 26.0 Å². The van der Waals surface area contributed by atoms with E-state index < -0.39 is 0 Å². The first-order valence-electron chi connectivity index (χ1n) is 10.9. The molecule has 31 heavy (non-hydrogen) atoms. The van der Waals surface area contributed by atoms with Crippen LogP contribution < -0.4 is 10.1 Å². The van der Waals surface area contributed by atoms with Gasteiger partial charge < -0.3 is 14.5 Å². The van der Waals surface area contributed by atoms with Crippen LogP contribution in [0.15, 0.2) is 53.1 Å². The van der Waals surface area contributed by atoms with Gasteiger partial charge in [0.1, 0.15) is 10.8 Å². The molecule has 3 aromatic rings. The average Bonchev–Trinajstić information content (AvgIpc) is 3.46. The van der Waals surface area contributed by atoms with Gasteiger partial charge >= 0.3 is 0 Å². The molecule has 0 spiro atoms. The van der Waals surface area contributed by atoms with E-state index in [1.807, 2.05) is 12.1 Å². The SMILES string of the molecule is CCc1cc(C(c2cccc(OC)c2)N2CCC(C)CC2)c(NC(=O)c2ccco2)s1.